The van der Waals surface area contributed by atoms with E-state index in [0.717, 1.165) is 16.6 Å². The predicted octanol–water partition coefficient (Wildman–Crippen LogP) is 0.425. The number of hydrogen-bond donors (Lipinski definition) is 3. The maximum Gasteiger partial charge on any atom is 0.0911 e. The predicted molar refractivity (Wildman–Crippen MR) is 54.9 cm³/mol. The SMILES string of the molecule is NC(CO)Cc1c[nH]c2cccnc12. The number of nitrogens with zero attached hydrogens (tertiary/aromatic N) is 1. The van der Waals surface area contributed by atoms with Gasteiger partial charge in [-0.25, -0.2) is 0 Å². The Morgan fingerprint density at radius 3 is 3.21 bits per heavy atom. The van der Waals surface area contributed by atoms with E-state index in [0.29, 0.717) is 6.42 Å². The normalized spacial score (nSPS) is 13.3. The van der Waals surface area contributed by atoms with Crippen molar-refractivity contribution in [1.29, 1.82) is 0 Å². The summed E-state index contributed by atoms with van der Waals surface area (Å²) in [6.07, 6.45) is 4.30. The van der Waals surface area contributed by atoms with Crippen LogP contribution in [-0.2, 0) is 6.42 Å². The van der Waals surface area contributed by atoms with Crippen molar-refractivity contribution in [3.05, 3.63) is 30.1 Å². The van der Waals surface area contributed by atoms with Gasteiger partial charge in [-0.1, -0.05) is 0 Å². The molecule has 14 heavy (non-hydrogen) atoms. The number of aromatic nitrogens is 2. The van der Waals surface area contributed by atoms with Gasteiger partial charge in [0.1, 0.15) is 0 Å². The summed E-state index contributed by atoms with van der Waals surface area (Å²) < 4.78 is 0. The zero-order valence-corrected chi connectivity index (χ0v) is 7.77. The van der Waals surface area contributed by atoms with Gasteiger partial charge in [0, 0.05) is 18.4 Å². The molecule has 4 N–H and O–H groups in total. The Hall–Kier alpha value is -1.39. The number of H-pyrrole nitrogens is 1. The fourth-order valence-electron chi connectivity index (χ4n) is 1.51. The van der Waals surface area contributed by atoms with Crippen molar-refractivity contribution in [3.8, 4) is 0 Å². The molecule has 4 heteroatoms. The van der Waals surface area contributed by atoms with E-state index >= 15 is 0 Å². The highest BCUT2D eigenvalue weighted by molar-refractivity contribution is 5.78. The van der Waals surface area contributed by atoms with Crippen LogP contribution in [0, 0.1) is 0 Å². The van der Waals surface area contributed by atoms with E-state index in [1.807, 2.05) is 18.3 Å². The number of nitrogens with two attached hydrogens (primary N) is 1. The lowest BCUT2D eigenvalue weighted by Crippen LogP contribution is -2.26. The minimum Gasteiger partial charge on any atom is -0.395 e. The van der Waals surface area contributed by atoms with Crippen LogP contribution >= 0.6 is 0 Å². The first kappa shape index (κ1) is 9.18. The third-order valence-electron chi connectivity index (χ3n) is 2.23. The maximum absolute atomic E-state index is 8.85. The molecule has 0 radical (unpaired) electrons. The summed E-state index contributed by atoms with van der Waals surface area (Å²) in [6, 6.07) is 3.64. The van der Waals surface area contributed by atoms with Gasteiger partial charge in [0.25, 0.3) is 0 Å². The molecule has 0 fully saturated rings. The number of fused-ring (bicyclic) bond motifs is 1. The molecule has 2 aromatic rings. The van der Waals surface area contributed by atoms with E-state index in [9.17, 15) is 0 Å². The van der Waals surface area contributed by atoms with Crippen molar-refractivity contribution in [1.82, 2.24) is 9.97 Å². The highest BCUT2D eigenvalue weighted by atomic mass is 16.3. The fourth-order valence-corrected chi connectivity index (χ4v) is 1.51. The van der Waals surface area contributed by atoms with Crippen molar-refractivity contribution >= 4 is 11.0 Å². The summed E-state index contributed by atoms with van der Waals surface area (Å²) in [7, 11) is 0. The summed E-state index contributed by atoms with van der Waals surface area (Å²) in [6.45, 7) is -0.000489. The third-order valence-corrected chi connectivity index (χ3v) is 2.23. The summed E-state index contributed by atoms with van der Waals surface area (Å²) in [4.78, 5) is 7.38. The molecule has 1 unspecified atom stereocenters. The van der Waals surface area contributed by atoms with Crippen molar-refractivity contribution in [3.63, 3.8) is 0 Å². The van der Waals surface area contributed by atoms with Gasteiger partial charge in [-0.05, 0) is 24.1 Å². The van der Waals surface area contributed by atoms with Gasteiger partial charge in [-0.2, -0.15) is 0 Å². The first-order valence-corrected chi connectivity index (χ1v) is 4.58. The smallest absolute Gasteiger partial charge is 0.0911 e. The van der Waals surface area contributed by atoms with Crippen molar-refractivity contribution in [2.24, 2.45) is 5.73 Å². The highest BCUT2D eigenvalue weighted by Gasteiger charge is 2.08. The number of aromatic amines is 1. The van der Waals surface area contributed by atoms with Crippen LogP contribution in [0.3, 0.4) is 0 Å². The zero-order valence-electron chi connectivity index (χ0n) is 7.77. The molecule has 2 aromatic heterocycles. The van der Waals surface area contributed by atoms with E-state index in [1.165, 1.54) is 0 Å². The molecule has 2 rings (SSSR count). The Balaban J connectivity index is 2.33. The van der Waals surface area contributed by atoms with Gasteiger partial charge in [0.2, 0.25) is 0 Å². The average molecular weight is 191 g/mol. The monoisotopic (exact) mass is 191 g/mol. The van der Waals surface area contributed by atoms with Crippen molar-refractivity contribution in [2.45, 2.75) is 12.5 Å². The van der Waals surface area contributed by atoms with E-state index < -0.39 is 0 Å². The molecular formula is C10H13N3O. The standard InChI is InChI=1S/C10H13N3O/c11-8(6-14)4-7-5-13-9-2-1-3-12-10(7)9/h1-3,5,8,13-14H,4,6,11H2. The molecule has 0 aliphatic heterocycles. The van der Waals surface area contributed by atoms with E-state index in [4.69, 9.17) is 10.8 Å². The Bertz CT molecular complexity index is 424. The maximum atomic E-state index is 8.85. The van der Waals surface area contributed by atoms with Crippen LogP contribution in [0.5, 0.6) is 0 Å². The van der Waals surface area contributed by atoms with E-state index in [1.54, 1.807) is 6.20 Å². The van der Waals surface area contributed by atoms with Crippen molar-refractivity contribution < 1.29 is 5.11 Å². The van der Waals surface area contributed by atoms with Gasteiger partial charge in [0.05, 0.1) is 17.6 Å². The second-order valence-electron chi connectivity index (χ2n) is 3.36. The molecule has 74 valence electrons. The van der Waals surface area contributed by atoms with Crippen LogP contribution in [-0.4, -0.2) is 27.7 Å². The largest absolute Gasteiger partial charge is 0.395 e. The van der Waals surface area contributed by atoms with Gasteiger partial charge < -0.3 is 15.8 Å². The van der Waals surface area contributed by atoms with Gasteiger partial charge in [-0.15, -0.1) is 0 Å². The Kier molecular flexibility index (Phi) is 2.47. The van der Waals surface area contributed by atoms with Crippen LogP contribution in [0.1, 0.15) is 5.56 Å². The summed E-state index contributed by atoms with van der Waals surface area (Å²) in [5, 5.41) is 8.85. The van der Waals surface area contributed by atoms with Crippen LogP contribution in [0.2, 0.25) is 0 Å². The number of aliphatic hydroxyl groups excluding tert-OH is 1. The van der Waals surface area contributed by atoms with Crippen LogP contribution in [0.25, 0.3) is 11.0 Å². The van der Waals surface area contributed by atoms with Gasteiger partial charge >= 0.3 is 0 Å². The third kappa shape index (κ3) is 1.62. The molecular weight excluding hydrogens is 178 g/mol. The number of rotatable bonds is 3. The topological polar surface area (TPSA) is 74.9 Å². The lowest BCUT2D eigenvalue weighted by Gasteiger charge is -2.05. The van der Waals surface area contributed by atoms with E-state index in [-0.39, 0.29) is 12.6 Å². The second-order valence-corrected chi connectivity index (χ2v) is 3.36. The first-order chi connectivity index (χ1) is 6.81. The van der Waals surface area contributed by atoms with Gasteiger partial charge in [0.15, 0.2) is 0 Å². The average Bonchev–Trinajstić information content (AvgIpc) is 2.62. The highest BCUT2D eigenvalue weighted by Crippen LogP contribution is 2.15. The molecule has 0 saturated heterocycles. The Labute approximate surface area is 81.8 Å². The summed E-state index contributed by atoms with van der Waals surface area (Å²) in [5.74, 6) is 0. The van der Waals surface area contributed by atoms with Crippen molar-refractivity contribution in [2.75, 3.05) is 6.61 Å². The van der Waals surface area contributed by atoms with Crippen LogP contribution in [0.4, 0.5) is 0 Å². The number of hydrogen-bond acceptors (Lipinski definition) is 3. The molecule has 0 aliphatic rings. The number of pyridine rings is 1. The van der Waals surface area contributed by atoms with Crippen LogP contribution < -0.4 is 5.73 Å². The molecule has 0 saturated carbocycles. The number of nitrogens with one attached hydrogen (secondary N) is 1. The molecule has 0 bridgehead atoms. The lowest BCUT2D eigenvalue weighted by molar-refractivity contribution is 0.265. The molecule has 2 heterocycles. The van der Waals surface area contributed by atoms with E-state index in [2.05, 4.69) is 9.97 Å². The Morgan fingerprint density at radius 1 is 1.57 bits per heavy atom. The van der Waals surface area contributed by atoms with Crippen LogP contribution in [0.15, 0.2) is 24.5 Å². The lowest BCUT2D eigenvalue weighted by atomic mass is 10.1. The molecule has 0 amide bonds. The molecule has 0 aliphatic carbocycles. The molecule has 0 aromatic carbocycles. The molecule has 0 spiro atoms. The minimum atomic E-state index is -0.212. The fraction of sp³-hybridized carbons (Fsp3) is 0.300. The first-order valence-electron chi connectivity index (χ1n) is 4.58. The summed E-state index contributed by atoms with van der Waals surface area (Å²) in [5.41, 5.74) is 8.67. The number of aliphatic hydroxyl groups is 1. The van der Waals surface area contributed by atoms with Gasteiger partial charge in [-0.3, -0.25) is 4.98 Å². The summed E-state index contributed by atoms with van der Waals surface area (Å²) >= 11 is 0. The minimum absolute atomic E-state index is 0.000489. The molecule has 4 nitrogen and oxygen atoms in total. The second kappa shape index (κ2) is 3.77. The Morgan fingerprint density at radius 2 is 2.43 bits per heavy atom. The quantitative estimate of drug-likeness (QED) is 0.658. The molecule has 1 atom stereocenters. The zero-order chi connectivity index (χ0) is 9.97.